The van der Waals surface area contributed by atoms with Gasteiger partial charge in [0.25, 0.3) is 0 Å². The summed E-state index contributed by atoms with van der Waals surface area (Å²) in [6.45, 7) is 3.26. The third kappa shape index (κ3) is 3.93. The molecule has 0 spiro atoms. The molecule has 1 heterocycles. The average molecular weight is 380 g/mol. The van der Waals surface area contributed by atoms with Crippen molar-refractivity contribution in [2.24, 2.45) is 11.3 Å². The maximum Gasteiger partial charge on any atom is 0.229 e. The highest BCUT2D eigenvalue weighted by Gasteiger charge is 2.48. The van der Waals surface area contributed by atoms with Crippen LogP contribution in [0.2, 0.25) is 0 Å². The molecule has 4 nitrogen and oxygen atoms in total. The molecule has 2 aromatic rings. The number of carbonyl (C=O) groups excluding carboxylic acids is 2. The number of halogens is 1. The van der Waals surface area contributed by atoms with Gasteiger partial charge in [-0.1, -0.05) is 31.2 Å². The van der Waals surface area contributed by atoms with Crippen LogP contribution in [-0.2, 0) is 9.59 Å². The van der Waals surface area contributed by atoms with Crippen molar-refractivity contribution in [1.82, 2.24) is 4.90 Å². The largest absolute Gasteiger partial charge is 0.341 e. The van der Waals surface area contributed by atoms with Gasteiger partial charge in [-0.15, -0.1) is 0 Å². The van der Waals surface area contributed by atoms with Gasteiger partial charge in [0.15, 0.2) is 0 Å². The highest BCUT2D eigenvalue weighted by atomic mass is 19.1. The lowest BCUT2D eigenvalue weighted by molar-refractivity contribution is -0.139. The molecule has 2 aliphatic rings. The number of carbonyl (C=O) groups is 2. The first-order chi connectivity index (χ1) is 13.4. The normalized spacial score (nSPS) is 20.5. The quantitative estimate of drug-likeness (QED) is 0.851. The molecule has 28 heavy (non-hydrogen) atoms. The molecule has 0 aromatic heterocycles. The maximum absolute atomic E-state index is 13.1. The fourth-order valence-corrected chi connectivity index (χ4v) is 3.82. The second-order valence-electron chi connectivity index (χ2n) is 8.23. The highest BCUT2D eigenvalue weighted by molar-refractivity contribution is 5.94. The fraction of sp³-hybridized carbons (Fsp3) is 0.391. The van der Waals surface area contributed by atoms with E-state index in [2.05, 4.69) is 5.32 Å². The average Bonchev–Trinajstić information content (AvgIpc) is 3.47. The molecule has 1 N–H and O–H groups in total. The molecule has 1 saturated carbocycles. The van der Waals surface area contributed by atoms with Crippen LogP contribution < -0.4 is 5.32 Å². The summed E-state index contributed by atoms with van der Waals surface area (Å²) in [6.07, 6.45) is 3.56. The predicted molar refractivity (Wildman–Crippen MR) is 107 cm³/mol. The Morgan fingerprint density at radius 2 is 1.86 bits per heavy atom. The van der Waals surface area contributed by atoms with Gasteiger partial charge >= 0.3 is 0 Å². The predicted octanol–water partition coefficient (Wildman–Crippen LogP) is 4.47. The van der Waals surface area contributed by atoms with Crippen LogP contribution in [0.1, 0.15) is 32.6 Å². The summed E-state index contributed by atoms with van der Waals surface area (Å²) in [7, 11) is 0. The molecule has 1 aliphatic carbocycles. The van der Waals surface area contributed by atoms with E-state index in [-0.39, 0.29) is 29.0 Å². The Kier molecular flexibility index (Phi) is 4.92. The zero-order valence-electron chi connectivity index (χ0n) is 16.1. The van der Waals surface area contributed by atoms with Gasteiger partial charge in [0, 0.05) is 24.2 Å². The van der Waals surface area contributed by atoms with Gasteiger partial charge in [0.1, 0.15) is 5.82 Å². The van der Waals surface area contributed by atoms with Gasteiger partial charge in [-0.25, -0.2) is 4.39 Å². The number of hydrogen-bond donors (Lipinski definition) is 1. The molecule has 0 bridgehead atoms. The maximum atomic E-state index is 13.1. The van der Waals surface area contributed by atoms with E-state index in [4.69, 9.17) is 0 Å². The fourth-order valence-electron chi connectivity index (χ4n) is 3.82. The molecular formula is C23H25FN2O2. The van der Waals surface area contributed by atoms with E-state index in [9.17, 15) is 14.0 Å². The monoisotopic (exact) mass is 380 g/mol. The number of nitrogens with zero attached hydrogens (tertiary/aromatic N) is 1. The van der Waals surface area contributed by atoms with Crippen LogP contribution in [0.15, 0.2) is 48.5 Å². The summed E-state index contributed by atoms with van der Waals surface area (Å²) in [5.41, 5.74) is 2.33. The zero-order chi connectivity index (χ0) is 19.7. The topological polar surface area (TPSA) is 49.4 Å². The number of amides is 2. The first-order valence-electron chi connectivity index (χ1n) is 9.91. The molecule has 1 aliphatic heterocycles. The van der Waals surface area contributed by atoms with Crippen molar-refractivity contribution in [3.05, 3.63) is 54.3 Å². The summed E-state index contributed by atoms with van der Waals surface area (Å²) in [5, 5.41) is 3.00. The van der Waals surface area contributed by atoms with Crippen molar-refractivity contribution in [1.29, 1.82) is 0 Å². The van der Waals surface area contributed by atoms with Crippen LogP contribution in [-0.4, -0.2) is 29.8 Å². The number of rotatable bonds is 4. The van der Waals surface area contributed by atoms with Gasteiger partial charge in [0.05, 0.1) is 5.92 Å². The van der Waals surface area contributed by atoms with Crippen LogP contribution in [0.5, 0.6) is 0 Å². The van der Waals surface area contributed by atoms with E-state index in [0.29, 0.717) is 12.2 Å². The molecule has 2 amide bonds. The van der Waals surface area contributed by atoms with Crippen LogP contribution in [0.3, 0.4) is 0 Å². The first-order valence-corrected chi connectivity index (χ1v) is 9.91. The van der Waals surface area contributed by atoms with Gasteiger partial charge in [0.2, 0.25) is 11.8 Å². The molecule has 2 aromatic carbocycles. The lowest BCUT2D eigenvalue weighted by Crippen LogP contribution is -2.46. The number of anilines is 1. The summed E-state index contributed by atoms with van der Waals surface area (Å²) >= 11 is 0. The van der Waals surface area contributed by atoms with Crippen LogP contribution >= 0.6 is 0 Å². The lowest BCUT2D eigenvalue weighted by Gasteiger charge is -2.33. The number of benzene rings is 2. The standard InChI is InChI=1S/C23H25FN2O2/c1-23(11-12-23)22(28)26-13-3-5-18(15-26)21(27)25-20-6-2-4-17(14-20)16-7-9-19(24)10-8-16/h2,4,6-10,14,18H,3,5,11-13,15H2,1H3,(H,25,27). The Morgan fingerprint density at radius 1 is 1.11 bits per heavy atom. The van der Waals surface area contributed by atoms with E-state index in [0.717, 1.165) is 43.4 Å². The van der Waals surface area contributed by atoms with Crippen molar-refractivity contribution < 1.29 is 14.0 Å². The van der Waals surface area contributed by atoms with E-state index >= 15 is 0 Å². The minimum atomic E-state index is -0.273. The minimum Gasteiger partial charge on any atom is -0.341 e. The lowest BCUT2D eigenvalue weighted by atomic mass is 9.95. The summed E-state index contributed by atoms with van der Waals surface area (Å²) in [4.78, 5) is 27.3. The Labute approximate surface area is 164 Å². The zero-order valence-corrected chi connectivity index (χ0v) is 16.1. The number of hydrogen-bond acceptors (Lipinski definition) is 2. The molecule has 1 saturated heterocycles. The minimum absolute atomic E-state index is 0.0466. The van der Waals surface area contributed by atoms with Crippen molar-refractivity contribution in [3.63, 3.8) is 0 Å². The van der Waals surface area contributed by atoms with Gasteiger partial charge in [-0.2, -0.15) is 0 Å². The summed E-state index contributed by atoms with van der Waals surface area (Å²) < 4.78 is 13.1. The molecule has 5 heteroatoms. The van der Waals surface area contributed by atoms with Crippen molar-refractivity contribution in [2.75, 3.05) is 18.4 Å². The summed E-state index contributed by atoms with van der Waals surface area (Å²) in [5.74, 6) is -0.308. The Morgan fingerprint density at radius 3 is 2.57 bits per heavy atom. The third-order valence-corrected chi connectivity index (χ3v) is 5.90. The first kappa shape index (κ1) is 18.7. The molecular weight excluding hydrogens is 355 g/mol. The highest BCUT2D eigenvalue weighted by Crippen LogP contribution is 2.47. The van der Waals surface area contributed by atoms with Gasteiger partial charge < -0.3 is 10.2 Å². The van der Waals surface area contributed by atoms with E-state index < -0.39 is 0 Å². The van der Waals surface area contributed by atoms with Crippen molar-refractivity contribution in [3.8, 4) is 11.1 Å². The van der Waals surface area contributed by atoms with Crippen LogP contribution in [0.4, 0.5) is 10.1 Å². The molecule has 1 atom stereocenters. The summed E-state index contributed by atoms with van der Waals surface area (Å²) in [6, 6.07) is 13.8. The van der Waals surface area contributed by atoms with E-state index in [1.807, 2.05) is 36.1 Å². The Balaban J connectivity index is 1.42. The molecule has 1 unspecified atom stereocenters. The van der Waals surface area contributed by atoms with E-state index in [1.54, 1.807) is 12.1 Å². The molecule has 146 valence electrons. The van der Waals surface area contributed by atoms with E-state index in [1.165, 1.54) is 12.1 Å². The second-order valence-corrected chi connectivity index (χ2v) is 8.23. The Bertz CT molecular complexity index is 890. The second kappa shape index (κ2) is 7.38. The van der Waals surface area contributed by atoms with Gasteiger partial charge in [-0.3, -0.25) is 9.59 Å². The third-order valence-electron chi connectivity index (χ3n) is 5.90. The van der Waals surface area contributed by atoms with Crippen molar-refractivity contribution >= 4 is 17.5 Å². The van der Waals surface area contributed by atoms with Crippen molar-refractivity contribution in [2.45, 2.75) is 32.6 Å². The van der Waals surface area contributed by atoms with Crippen LogP contribution in [0.25, 0.3) is 11.1 Å². The molecule has 4 rings (SSSR count). The van der Waals surface area contributed by atoms with Gasteiger partial charge in [-0.05, 0) is 61.1 Å². The molecule has 0 radical (unpaired) electrons. The molecule has 2 fully saturated rings. The Hall–Kier alpha value is -2.69. The SMILES string of the molecule is CC1(C(=O)N2CCCC(C(=O)Nc3cccc(-c4ccc(F)cc4)c3)C2)CC1. The smallest absolute Gasteiger partial charge is 0.229 e. The number of nitrogens with one attached hydrogen (secondary N) is 1. The van der Waals surface area contributed by atoms with Crippen LogP contribution in [0, 0.1) is 17.2 Å². The number of piperidine rings is 1. The number of likely N-dealkylation sites (tertiary alicyclic amines) is 1.